The Hall–Kier alpha value is -1.96. The molecule has 1 aliphatic heterocycles. The average Bonchev–Trinajstić information content (AvgIpc) is 2.58. The van der Waals surface area contributed by atoms with Crippen molar-refractivity contribution in [2.75, 3.05) is 36.9 Å². The monoisotopic (exact) mass is 370 g/mol. The lowest BCUT2D eigenvalue weighted by Crippen LogP contribution is -2.40. The van der Waals surface area contributed by atoms with E-state index in [1.165, 1.54) is 4.31 Å². The molecule has 0 saturated carbocycles. The van der Waals surface area contributed by atoms with Gasteiger partial charge in [-0.15, -0.1) is 0 Å². The molecule has 1 N–H and O–H groups in total. The maximum absolute atomic E-state index is 12.2. The first-order valence-corrected chi connectivity index (χ1v) is 10.4. The molecule has 1 aromatic rings. The molecule has 2 rings (SSSR count). The van der Waals surface area contributed by atoms with E-state index in [0.717, 1.165) is 19.1 Å². The summed E-state index contributed by atoms with van der Waals surface area (Å²) >= 11 is 0. The summed E-state index contributed by atoms with van der Waals surface area (Å²) in [6.45, 7) is 5.24. The number of sulfonamides is 1. The van der Waals surface area contributed by atoms with Gasteiger partial charge in [0.1, 0.15) is 13.2 Å². The molecule has 0 saturated heterocycles. The summed E-state index contributed by atoms with van der Waals surface area (Å²) in [6, 6.07) is 5.03. The number of fused-ring (bicyclic) bond motifs is 1. The predicted octanol–water partition coefficient (Wildman–Crippen LogP) is 1.78. The molecule has 1 aromatic carbocycles. The molecule has 0 unspecified atom stereocenters. The highest BCUT2D eigenvalue weighted by atomic mass is 32.2. The molecule has 25 heavy (non-hydrogen) atoms. The Bertz CT molecular complexity index is 701. The second kappa shape index (κ2) is 8.42. The van der Waals surface area contributed by atoms with Crippen molar-refractivity contribution in [3.8, 4) is 11.5 Å². The molecule has 8 heteroatoms. The van der Waals surface area contributed by atoms with Gasteiger partial charge in [-0.25, -0.2) is 8.42 Å². The molecule has 0 aliphatic carbocycles. The zero-order valence-corrected chi connectivity index (χ0v) is 15.8. The summed E-state index contributed by atoms with van der Waals surface area (Å²) in [6.07, 6.45) is 2.67. The van der Waals surface area contributed by atoms with Crippen LogP contribution in [-0.4, -0.2) is 46.9 Å². The van der Waals surface area contributed by atoms with Gasteiger partial charge in [0.2, 0.25) is 15.9 Å². The number of hydrogen-bond acceptors (Lipinski definition) is 5. The molecule has 0 fully saturated rings. The van der Waals surface area contributed by atoms with Crippen molar-refractivity contribution in [3.63, 3.8) is 0 Å². The van der Waals surface area contributed by atoms with E-state index in [4.69, 9.17) is 9.47 Å². The van der Waals surface area contributed by atoms with Crippen molar-refractivity contribution in [2.45, 2.75) is 26.7 Å². The molecular formula is C17H26N2O5S. The van der Waals surface area contributed by atoms with Gasteiger partial charge in [-0.05, 0) is 25.0 Å². The van der Waals surface area contributed by atoms with Crippen LogP contribution in [0.15, 0.2) is 18.2 Å². The average molecular weight is 370 g/mol. The maximum atomic E-state index is 12.2. The quantitative estimate of drug-likeness (QED) is 0.754. The molecule has 1 amide bonds. The molecule has 7 nitrogen and oxygen atoms in total. The fourth-order valence-electron chi connectivity index (χ4n) is 2.76. The Kier molecular flexibility index (Phi) is 6.52. The molecular weight excluding hydrogens is 344 g/mol. The van der Waals surface area contributed by atoms with E-state index in [9.17, 15) is 13.2 Å². The van der Waals surface area contributed by atoms with E-state index >= 15 is 0 Å². The number of nitrogens with zero attached hydrogens (tertiary/aromatic N) is 1. The van der Waals surface area contributed by atoms with Crippen molar-refractivity contribution < 1.29 is 22.7 Å². The SMILES string of the molecule is CCC(CC)C(=O)NCCN(c1ccc2c(c1)OCCO2)S(C)(=O)=O. The number of hydrogen-bond donors (Lipinski definition) is 1. The Morgan fingerprint density at radius 3 is 2.44 bits per heavy atom. The molecule has 0 aromatic heterocycles. The normalized spacial score (nSPS) is 13.6. The first kappa shape index (κ1) is 19.4. The van der Waals surface area contributed by atoms with Crippen LogP contribution in [0.2, 0.25) is 0 Å². The zero-order valence-electron chi connectivity index (χ0n) is 14.9. The largest absolute Gasteiger partial charge is 0.486 e. The van der Waals surface area contributed by atoms with E-state index in [1.807, 2.05) is 13.8 Å². The first-order chi connectivity index (χ1) is 11.9. The van der Waals surface area contributed by atoms with Crippen molar-refractivity contribution in [2.24, 2.45) is 5.92 Å². The van der Waals surface area contributed by atoms with E-state index < -0.39 is 10.0 Å². The summed E-state index contributed by atoms with van der Waals surface area (Å²) in [4.78, 5) is 12.0. The minimum absolute atomic E-state index is 0.0408. The molecule has 1 aliphatic rings. The number of carbonyl (C=O) groups excluding carboxylic acids is 1. The lowest BCUT2D eigenvalue weighted by atomic mass is 10.0. The highest BCUT2D eigenvalue weighted by molar-refractivity contribution is 7.92. The summed E-state index contributed by atoms with van der Waals surface area (Å²) < 4.78 is 36.6. The van der Waals surface area contributed by atoms with Gasteiger partial charge in [0.15, 0.2) is 11.5 Å². The number of carbonyl (C=O) groups is 1. The van der Waals surface area contributed by atoms with Gasteiger partial charge < -0.3 is 14.8 Å². The van der Waals surface area contributed by atoms with Crippen LogP contribution >= 0.6 is 0 Å². The fraction of sp³-hybridized carbons (Fsp3) is 0.588. The lowest BCUT2D eigenvalue weighted by Gasteiger charge is -2.25. The molecule has 0 spiro atoms. The van der Waals surface area contributed by atoms with E-state index in [0.29, 0.717) is 30.4 Å². The molecule has 0 radical (unpaired) electrons. The van der Waals surface area contributed by atoms with Crippen LogP contribution in [-0.2, 0) is 14.8 Å². The van der Waals surface area contributed by atoms with Crippen molar-refractivity contribution >= 4 is 21.6 Å². The Morgan fingerprint density at radius 1 is 1.20 bits per heavy atom. The van der Waals surface area contributed by atoms with Crippen LogP contribution in [0.5, 0.6) is 11.5 Å². The van der Waals surface area contributed by atoms with Gasteiger partial charge in [0.25, 0.3) is 0 Å². The van der Waals surface area contributed by atoms with Crippen LogP contribution in [0.3, 0.4) is 0 Å². The topological polar surface area (TPSA) is 84.9 Å². The van der Waals surface area contributed by atoms with E-state index in [2.05, 4.69) is 5.32 Å². The van der Waals surface area contributed by atoms with Gasteiger partial charge in [-0.3, -0.25) is 9.10 Å². The molecule has 1 heterocycles. The Balaban J connectivity index is 2.09. The summed E-state index contributed by atoms with van der Waals surface area (Å²) in [7, 11) is -3.49. The number of rotatable bonds is 8. The van der Waals surface area contributed by atoms with E-state index in [-0.39, 0.29) is 24.9 Å². The van der Waals surface area contributed by atoms with Gasteiger partial charge >= 0.3 is 0 Å². The minimum atomic E-state index is -3.49. The number of anilines is 1. The van der Waals surface area contributed by atoms with Crippen molar-refractivity contribution in [1.82, 2.24) is 5.32 Å². The molecule has 0 bridgehead atoms. The minimum Gasteiger partial charge on any atom is -0.486 e. The zero-order chi connectivity index (χ0) is 18.4. The van der Waals surface area contributed by atoms with Gasteiger partial charge in [-0.1, -0.05) is 13.8 Å². The molecule has 140 valence electrons. The Labute approximate surface area is 149 Å². The standard InChI is InChI=1S/C17H26N2O5S/c1-4-13(5-2)17(20)18-8-9-19(25(3,21)22)14-6-7-15-16(12-14)24-11-10-23-15/h6-7,12-13H,4-5,8-11H2,1-3H3,(H,18,20). The van der Waals surface area contributed by atoms with Crippen molar-refractivity contribution in [3.05, 3.63) is 18.2 Å². The van der Waals surface area contributed by atoms with Crippen LogP contribution in [0.4, 0.5) is 5.69 Å². The van der Waals surface area contributed by atoms with Crippen LogP contribution in [0, 0.1) is 5.92 Å². The third-order valence-electron chi connectivity index (χ3n) is 4.18. The number of benzene rings is 1. The highest BCUT2D eigenvalue weighted by Crippen LogP contribution is 2.34. The summed E-state index contributed by atoms with van der Waals surface area (Å²) in [5.74, 6) is 1.05. The van der Waals surface area contributed by atoms with Gasteiger partial charge in [0.05, 0.1) is 18.5 Å². The third kappa shape index (κ3) is 5.01. The summed E-state index contributed by atoms with van der Waals surface area (Å²) in [5.41, 5.74) is 0.489. The second-order valence-electron chi connectivity index (χ2n) is 5.97. The van der Waals surface area contributed by atoms with Crippen LogP contribution < -0.4 is 19.1 Å². The number of amides is 1. The highest BCUT2D eigenvalue weighted by Gasteiger charge is 2.21. The third-order valence-corrected chi connectivity index (χ3v) is 5.38. The summed E-state index contributed by atoms with van der Waals surface area (Å²) in [5, 5.41) is 2.82. The maximum Gasteiger partial charge on any atom is 0.232 e. The second-order valence-corrected chi connectivity index (χ2v) is 7.87. The van der Waals surface area contributed by atoms with Gasteiger partial charge in [0, 0.05) is 18.5 Å². The Morgan fingerprint density at radius 2 is 1.84 bits per heavy atom. The van der Waals surface area contributed by atoms with Crippen LogP contribution in [0.25, 0.3) is 0 Å². The lowest BCUT2D eigenvalue weighted by molar-refractivity contribution is -0.125. The number of ether oxygens (including phenoxy) is 2. The van der Waals surface area contributed by atoms with Crippen LogP contribution in [0.1, 0.15) is 26.7 Å². The van der Waals surface area contributed by atoms with Gasteiger partial charge in [-0.2, -0.15) is 0 Å². The van der Waals surface area contributed by atoms with Crippen molar-refractivity contribution in [1.29, 1.82) is 0 Å². The molecule has 0 atom stereocenters. The smallest absolute Gasteiger partial charge is 0.232 e. The first-order valence-electron chi connectivity index (χ1n) is 8.51. The van der Waals surface area contributed by atoms with E-state index in [1.54, 1.807) is 18.2 Å². The number of nitrogens with one attached hydrogen (secondary N) is 1. The predicted molar refractivity (Wildman–Crippen MR) is 96.7 cm³/mol. The fourth-order valence-corrected chi connectivity index (χ4v) is 3.68.